The zero-order valence-corrected chi connectivity index (χ0v) is 12.5. The Balaban J connectivity index is 1.77. The molecule has 0 spiro atoms. The van der Waals surface area contributed by atoms with Crippen LogP contribution >= 0.6 is 0 Å². The average molecular weight is 329 g/mol. The largest absolute Gasteiger partial charge is 0.306 e. The van der Waals surface area contributed by atoms with Gasteiger partial charge in [-0.05, 0) is 31.0 Å². The second-order valence-electron chi connectivity index (χ2n) is 5.64. The zero-order chi connectivity index (χ0) is 16.7. The molecule has 1 aliphatic rings. The molecule has 0 aliphatic heterocycles. The van der Waals surface area contributed by atoms with E-state index >= 15 is 0 Å². The third-order valence-electron chi connectivity index (χ3n) is 3.89. The van der Waals surface area contributed by atoms with E-state index in [9.17, 15) is 13.6 Å². The van der Waals surface area contributed by atoms with Crippen molar-refractivity contribution in [1.29, 1.82) is 0 Å². The summed E-state index contributed by atoms with van der Waals surface area (Å²) in [7, 11) is 0. The molecule has 0 saturated heterocycles. The van der Waals surface area contributed by atoms with E-state index in [2.05, 4.69) is 20.4 Å². The first-order valence-corrected chi connectivity index (χ1v) is 7.52. The molecule has 122 valence electrons. The molecule has 1 aliphatic carbocycles. The normalized spacial score (nSPS) is 14.3. The highest BCUT2D eigenvalue weighted by Crippen LogP contribution is 2.40. The number of hydrogen-bond donors (Lipinski definition) is 1. The fourth-order valence-electron chi connectivity index (χ4n) is 2.53. The minimum absolute atomic E-state index is 0.142. The summed E-state index contributed by atoms with van der Waals surface area (Å²) >= 11 is 0. The van der Waals surface area contributed by atoms with Crippen molar-refractivity contribution in [2.45, 2.75) is 25.2 Å². The van der Waals surface area contributed by atoms with Gasteiger partial charge in [0.05, 0.1) is 6.20 Å². The van der Waals surface area contributed by atoms with Gasteiger partial charge in [-0.1, -0.05) is 6.07 Å². The van der Waals surface area contributed by atoms with Crippen molar-refractivity contribution in [3.63, 3.8) is 0 Å². The number of nitrogens with one attached hydrogen (secondary N) is 1. The minimum atomic E-state index is -2.69. The number of pyridine rings is 1. The Morgan fingerprint density at radius 2 is 2.17 bits per heavy atom. The fraction of sp³-hybridized carbons (Fsp3) is 0.250. The van der Waals surface area contributed by atoms with Crippen LogP contribution in [0.15, 0.2) is 36.7 Å². The number of amides is 1. The summed E-state index contributed by atoms with van der Waals surface area (Å²) in [6.07, 6.45) is 1.96. The Hall–Kier alpha value is -2.90. The van der Waals surface area contributed by atoms with Crippen molar-refractivity contribution in [3.8, 4) is 0 Å². The number of fused-ring (bicyclic) bond motifs is 1. The summed E-state index contributed by atoms with van der Waals surface area (Å²) in [6, 6.07) is 6.47. The van der Waals surface area contributed by atoms with Crippen molar-refractivity contribution in [2.24, 2.45) is 0 Å². The van der Waals surface area contributed by atoms with E-state index in [1.54, 1.807) is 24.4 Å². The highest BCUT2D eigenvalue weighted by atomic mass is 19.3. The van der Waals surface area contributed by atoms with Crippen molar-refractivity contribution < 1.29 is 13.6 Å². The Bertz CT molecular complexity index is 905. The summed E-state index contributed by atoms with van der Waals surface area (Å²) in [5, 5.41) is 6.53. The van der Waals surface area contributed by atoms with Crippen molar-refractivity contribution in [3.05, 3.63) is 53.6 Å². The maximum atomic E-state index is 13.3. The number of nitrogens with zero attached hydrogens (tertiary/aromatic N) is 4. The van der Waals surface area contributed by atoms with Gasteiger partial charge in [-0.2, -0.15) is 5.10 Å². The molecule has 0 bridgehead atoms. The molecule has 6 nitrogen and oxygen atoms in total. The Labute approximate surface area is 135 Å². The lowest BCUT2D eigenvalue weighted by atomic mass is 10.2. The van der Waals surface area contributed by atoms with Gasteiger partial charge < -0.3 is 5.32 Å². The van der Waals surface area contributed by atoms with Gasteiger partial charge >= 0.3 is 0 Å². The van der Waals surface area contributed by atoms with Crippen molar-refractivity contribution in [2.75, 3.05) is 5.32 Å². The number of carbonyl (C=O) groups excluding carboxylic acids is 1. The van der Waals surface area contributed by atoms with E-state index in [4.69, 9.17) is 0 Å². The monoisotopic (exact) mass is 329 g/mol. The van der Waals surface area contributed by atoms with E-state index in [1.165, 1.54) is 12.3 Å². The highest BCUT2D eigenvalue weighted by molar-refractivity contribution is 6.07. The van der Waals surface area contributed by atoms with Gasteiger partial charge in [0.25, 0.3) is 12.3 Å². The second-order valence-corrected chi connectivity index (χ2v) is 5.64. The van der Waals surface area contributed by atoms with E-state index in [0.717, 1.165) is 17.4 Å². The van der Waals surface area contributed by atoms with Gasteiger partial charge in [0, 0.05) is 17.8 Å². The van der Waals surface area contributed by atoms with E-state index < -0.39 is 12.3 Å². The molecule has 8 heteroatoms. The van der Waals surface area contributed by atoms with Gasteiger partial charge in [0.15, 0.2) is 5.65 Å². The number of aromatic nitrogens is 4. The molecule has 3 aromatic heterocycles. The number of carbonyl (C=O) groups is 1. The molecule has 1 fully saturated rings. The molecule has 3 aromatic rings. The van der Waals surface area contributed by atoms with E-state index in [1.807, 2.05) is 0 Å². The molecule has 4 rings (SSSR count). The van der Waals surface area contributed by atoms with Crippen molar-refractivity contribution in [1.82, 2.24) is 19.6 Å². The van der Waals surface area contributed by atoms with Crippen LogP contribution in [0.2, 0.25) is 0 Å². The van der Waals surface area contributed by atoms with Crippen LogP contribution in [0.25, 0.3) is 5.65 Å². The summed E-state index contributed by atoms with van der Waals surface area (Å²) in [4.78, 5) is 20.8. The van der Waals surface area contributed by atoms with Gasteiger partial charge in [-0.15, -0.1) is 0 Å². The van der Waals surface area contributed by atoms with Gasteiger partial charge in [0.1, 0.15) is 17.1 Å². The lowest BCUT2D eigenvalue weighted by molar-refractivity contribution is 0.102. The lowest BCUT2D eigenvalue weighted by Gasteiger charge is -2.07. The minimum Gasteiger partial charge on any atom is -0.306 e. The first-order chi connectivity index (χ1) is 11.6. The lowest BCUT2D eigenvalue weighted by Crippen LogP contribution is -2.13. The molecule has 1 saturated carbocycles. The Kier molecular flexibility index (Phi) is 3.44. The smallest absolute Gasteiger partial charge is 0.280 e. The fourth-order valence-corrected chi connectivity index (χ4v) is 2.53. The van der Waals surface area contributed by atoms with E-state index in [-0.39, 0.29) is 22.8 Å². The molecule has 1 N–H and O–H groups in total. The van der Waals surface area contributed by atoms with Crippen LogP contribution in [0.4, 0.5) is 14.6 Å². The second kappa shape index (κ2) is 5.63. The highest BCUT2D eigenvalue weighted by Gasteiger charge is 2.29. The topological polar surface area (TPSA) is 72.2 Å². The summed E-state index contributed by atoms with van der Waals surface area (Å²) in [5.74, 6) is 0.0766. The average Bonchev–Trinajstić information content (AvgIpc) is 3.34. The third-order valence-corrected chi connectivity index (χ3v) is 3.89. The third kappa shape index (κ3) is 2.60. The summed E-state index contributed by atoms with van der Waals surface area (Å²) < 4.78 is 27.7. The Morgan fingerprint density at radius 3 is 2.83 bits per heavy atom. The van der Waals surface area contributed by atoms with Gasteiger partial charge in [-0.3, -0.25) is 4.79 Å². The predicted molar refractivity (Wildman–Crippen MR) is 82.1 cm³/mol. The maximum Gasteiger partial charge on any atom is 0.280 e. The maximum absolute atomic E-state index is 13.3. The summed E-state index contributed by atoms with van der Waals surface area (Å²) in [6.45, 7) is 0. The van der Waals surface area contributed by atoms with Gasteiger partial charge in [0.2, 0.25) is 0 Å². The molecule has 1 amide bonds. The van der Waals surface area contributed by atoms with Crippen LogP contribution in [-0.2, 0) is 0 Å². The molecule has 0 unspecified atom stereocenters. The zero-order valence-electron chi connectivity index (χ0n) is 12.5. The predicted octanol–water partition coefficient (Wildman–Crippen LogP) is 3.19. The molecule has 24 heavy (non-hydrogen) atoms. The first-order valence-electron chi connectivity index (χ1n) is 7.52. The Morgan fingerprint density at radius 1 is 1.33 bits per heavy atom. The molecule has 0 radical (unpaired) electrons. The number of alkyl halides is 2. The number of anilines is 1. The summed E-state index contributed by atoms with van der Waals surface area (Å²) in [5.41, 5.74) is 0.622. The molecule has 0 atom stereocenters. The number of hydrogen-bond acceptors (Lipinski definition) is 4. The molecule has 0 aromatic carbocycles. The SMILES string of the molecule is O=C(Nc1ccccn1)c1cnn2c(C(F)F)cc(C3CC3)nc12. The van der Waals surface area contributed by atoms with Crippen LogP contribution in [-0.4, -0.2) is 25.5 Å². The van der Waals surface area contributed by atoms with Gasteiger partial charge in [-0.25, -0.2) is 23.3 Å². The standard InChI is InChI=1S/C16H13F2N5O/c17-14(18)12-7-11(9-4-5-9)21-15-10(8-20-23(12)15)16(24)22-13-3-1-2-6-19-13/h1-3,6-9,14H,4-5H2,(H,19,22,24). The molecular weight excluding hydrogens is 316 g/mol. The van der Waals surface area contributed by atoms with Crippen LogP contribution < -0.4 is 5.32 Å². The molecule has 3 heterocycles. The van der Waals surface area contributed by atoms with Crippen molar-refractivity contribution >= 4 is 17.4 Å². The van der Waals surface area contributed by atoms with Crippen LogP contribution in [0, 0.1) is 0 Å². The first kappa shape index (κ1) is 14.7. The van der Waals surface area contributed by atoms with E-state index in [0.29, 0.717) is 11.5 Å². The molecular formula is C16H13F2N5O. The van der Waals surface area contributed by atoms with Crippen LogP contribution in [0.1, 0.15) is 46.9 Å². The van der Waals surface area contributed by atoms with Crippen LogP contribution in [0.3, 0.4) is 0 Å². The quantitative estimate of drug-likeness (QED) is 0.798. The number of halogens is 2. The number of rotatable bonds is 4. The van der Waals surface area contributed by atoms with Crippen LogP contribution in [0.5, 0.6) is 0 Å².